The molecule has 10 atom stereocenters. The predicted octanol–water partition coefficient (Wildman–Crippen LogP) is -0.574. The summed E-state index contributed by atoms with van der Waals surface area (Å²) >= 11 is 7.55. The highest BCUT2D eigenvalue weighted by molar-refractivity contribution is 7.99. The number of carbonyl (C=O) groups is 1. The van der Waals surface area contributed by atoms with Gasteiger partial charge in [-0.05, 0) is 31.9 Å². The lowest BCUT2D eigenvalue weighted by Crippen LogP contribution is -2.65. The van der Waals surface area contributed by atoms with E-state index in [1.807, 2.05) is 0 Å². The first-order chi connectivity index (χ1) is 13.3. The highest BCUT2D eigenvalue weighted by Crippen LogP contribution is 2.31. The minimum absolute atomic E-state index is 0.183. The number of nitrogens with one attached hydrogen (secondary N) is 2. The first-order valence-electron chi connectivity index (χ1n) is 9.87. The molecule has 8 nitrogen and oxygen atoms in total. The van der Waals surface area contributed by atoms with Gasteiger partial charge in [0, 0.05) is 13.2 Å². The summed E-state index contributed by atoms with van der Waals surface area (Å²) in [5, 5.41) is 36.3. The van der Waals surface area contributed by atoms with Crippen LogP contribution in [-0.2, 0) is 14.3 Å². The highest BCUT2D eigenvalue weighted by atomic mass is 35.5. The zero-order valence-electron chi connectivity index (χ0n) is 16.2. The molecular weight excluding hydrogens is 408 g/mol. The van der Waals surface area contributed by atoms with Gasteiger partial charge in [0.25, 0.3) is 0 Å². The fourth-order valence-corrected chi connectivity index (χ4v) is 5.21. The molecule has 3 aliphatic rings. The molecule has 10 heteroatoms. The number of aliphatic hydroxyl groups is 3. The number of fused-ring (bicyclic) bond motifs is 1. The first-order valence-corrected chi connectivity index (χ1v) is 11.6. The number of aliphatic hydroxyl groups excluding tert-OH is 3. The SMILES string of the molecule is CSC1O[C@H]([C@H](NC(=O)[C@H]2NC[C@@H]3CCCCO[C@H]32)[C@H](C)Cl)[C@@H](O)C(O)[C@H]1O. The van der Waals surface area contributed by atoms with E-state index >= 15 is 0 Å². The van der Waals surface area contributed by atoms with E-state index in [1.165, 1.54) is 11.8 Å². The van der Waals surface area contributed by atoms with E-state index in [2.05, 4.69) is 10.6 Å². The summed E-state index contributed by atoms with van der Waals surface area (Å²) in [6.07, 6.45) is -0.247. The second-order valence-electron chi connectivity index (χ2n) is 7.87. The molecule has 0 spiro atoms. The lowest BCUT2D eigenvalue weighted by molar-refractivity contribution is -0.205. The van der Waals surface area contributed by atoms with Gasteiger partial charge in [-0.1, -0.05) is 6.42 Å². The van der Waals surface area contributed by atoms with Gasteiger partial charge in [-0.2, -0.15) is 0 Å². The number of thioether (sulfide) groups is 1. The average molecular weight is 439 g/mol. The maximum absolute atomic E-state index is 13.0. The third-order valence-corrected chi connectivity index (χ3v) is 7.08. The molecule has 0 bridgehead atoms. The van der Waals surface area contributed by atoms with Crippen molar-refractivity contribution in [2.75, 3.05) is 19.4 Å². The number of amides is 1. The van der Waals surface area contributed by atoms with Crippen LogP contribution in [0.1, 0.15) is 26.2 Å². The molecule has 3 saturated heterocycles. The van der Waals surface area contributed by atoms with Gasteiger partial charge in [-0.25, -0.2) is 0 Å². The van der Waals surface area contributed by atoms with Crippen molar-refractivity contribution in [2.24, 2.45) is 5.92 Å². The van der Waals surface area contributed by atoms with Crippen molar-refractivity contribution < 1.29 is 29.6 Å². The first kappa shape index (κ1) is 22.6. The Morgan fingerprint density at radius 3 is 2.68 bits per heavy atom. The number of hydrogen-bond acceptors (Lipinski definition) is 8. The molecule has 0 aliphatic carbocycles. The van der Waals surface area contributed by atoms with Crippen LogP contribution in [0.25, 0.3) is 0 Å². The van der Waals surface area contributed by atoms with Crippen molar-refractivity contribution in [1.29, 1.82) is 0 Å². The molecule has 0 saturated carbocycles. The van der Waals surface area contributed by atoms with Crippen LogP contribution in [0.5, 0.6) is 0 Å². The van der Waals surface area contributed by atoms with E-state index in [0.29, 0.717) is 12.5 Å². The molecule has 162 valence electrons. The molecule has 0 aromatic rings. The quantitative estimate of drug-likeness (QED) is 0.362. The molecule has 1 amide bonds. The maximum atomic E-state index is 13.0. The molecule has 28 heavy (non-hydrogen) atoms. The largest absolute Gasteiger partial charge is 0.388 e. The Hall–Kier alpha value is -0.130. The minimum Gasteiger partial charge on any atom is -0.388 e. The summed E-state index contributed by atoms with van der Waals surface area (Å²) in [6, 6.07) is -1.23. The summed E-state index contributed by atoms with van der Waals surface area (Å²) in [5.74, 6) is 0.0449. The zero-order chi connectivity index (χ0) is 20.4. The number of alkyl halides is 1. The Labute approximate surface area is 174 Å². The van der Waals surface area contributed by atoms with E-state index in [9.17, 15) is 20.1 Å². The summed E-state index contributed by atoms with van der Waals surface area (Å²) in [7, 11) is 0. The van der Waals surface area contributed by atoms with Gasteiger partial charge in [-0.3, -0.25) is 4.79 Å². The van der Waals surface area contributed by atoms with Crippen molar-refractivity contribution in [3.05, 3.63) is 0 Å². The Bertz CT molecular complexity index is 542. The minimum atomic E-state index is -1.38. The standard InChI is InChI=1S/C18H31ClN2O6S/c1-8(19)10(16-13(23)12(22)14(24)18(27-16)28-2)21-17(25)11-15-9(7-20-11)5-3-4-6-26-15/h8-16,18,20,22-24H,3-7H2,1-2H3,(H,21,25)/t8-,9-,10+,11-,12?,13-,14+,15+,16+,18?/m0/s1. The monoisotopic (exact) mass is 438 g/mol. The van der Waals surface area contributed by atoms with Crippen molar-refractivity contribution in [2.45, 2.75) is 79.6 Å². The van der Waals surface area contributed by atoms with E-state index < -0.39 is 47.3 Å². The predicted molar refractivity (Wildman–Crippen MR) is 106 cm³/mol. The number of halogens is 1. The Morgan fingerprint density at radius 1 is 1.25 bits per heavy atom. The van der Waals surface area contributed by atoms with Crippen molar-refractivity contribution in [3.63, 3.8) is 0 Å². The highest BCUT2D eigenvalue weighted by Gasteiger charge is 2.49. The van der Waals surface area contributed by atoms with Crippen LogP contribution >= 0.6 is 23.4 Å². The Balaban J connectivity index is 1.71. The van der Waals surface area contributed by atoms with Crippen LogP contribution in [0, 0.1) is 5.92 Å². The van der Waals surface area contributed by atoms with Crippen molar-refractivity contribution >= 4 is 29.3 Å². The number of carbonyl (C=O) groups excluding carboxylic acids is 1. The zero-order valence-corrected chi connectivity index (χ0v) is 17.7. The third kappa shape index (κ3) is 4.62. The summed E-state index contributed by atoms with van der Waals surface area (Å²) in [4.78, 5) is 13.0. The molecule has 0 radical (unpaired) electrons. The van der Waals surface area contributed by atoms with Crippen LogP contribution in [-0.4, -0.2) is 94.1 Å². The average Bonchev–Trinajstić information content (AvgIpc) is 2.93. The Morgan fingerprint density at radius 2 is 2.00 bits per heavy atom. The molecule has 3 fully saturated rings. The number of rotatable bonds is 5. The van der Waals surface area contributed by atoms with Crippen LogP contribution in [0.4, 0.5) is 0 Å². The van der Waals surface area contributed by atoms with Gasteiger partial charge in [-0.15, -0.1) is 23.4 Å². The molecule has 5 N–H and O–H groups in total. The van der Waals surface area contributed by atoms with Crippen LogP contribution < -0.4 is 10.6 Å². The van der Waals surface area contributed by atoms with Gasteiger partial charge in [0.05, 0.1) is 17.5 Å². The van der Waals surface area contributed by atoms with Gasteiger partial charge in [0.1, 0.15) is 35.9 Å². The van der Waals surface area contributed by atoms with Gasteiger partial charge < -0.3 is 35.4 Å². The normalized spacial score (nSPS) is 43.6. The second-order valence-corrected chi connectivity index (χ2v) is 9.49. The topological polar surface area (TPSA) is 120 Å². The van der Waals surface area contributed by atoms with Gasteiger partial charge in [0.15, 0.2) is 0 Å². The van der Waals surface area contributed by atoms with Crippen molar-refractivity contribution in [1.82, 2.24) is 10.6 Å². The molecule has 3 aliphatic heterocycles. The smallest absolute Gasteiger partial charge is 0.240 e. The van der Waals surface area contributed by atoms with Crippen LogP contribution in [0.15, 0.2) is 0 Å². The fourth-order valence-electron chi connectivity index (χ4n) is 4.33. The second kappa shape index (κ2) is 9.78. The van der Waals surface area contributed by atoms with E-state index in [1.54, 1.807) is 13.2 Å². The van der Waals surface area contributed by atoms with Gasteiger partial charge in [0.2, 0.25) is 5.91 Å². The lowest BCUT2D eigenvalue weighted by Gasteiger charge is -2.44. The van der Waals surface area contributed by atoms with Crippen LogP contribution in [0.2, 0.25) is 0 Å². The van der Waals surface area contributed by atoms with E-state index in [0.717, 1.165) is 25.8 Å². The fraction of sp³-hybridized carbons (Fsp3) is 0.944. The molecule has 0 aromatic heterocycles. The van der Waals surface area contributed by atoms with E-state index in [4.69, 9.17) is 21.1 Å². The molecule has 2 unspecified atom stereocenters. The Kier molecular flexibility index (Phi) is 7.88. The number of hydrogen-bond donors (Lipinski definition) is 5. The summed E-state index contributed by atoms with van der Waals surface area (Å²) in [5.41, 5.74) is -0.725. The van der Waals surface area contributed by atoms with Crippen molar-refractivity contribution in [3.8, 4) is 0 Å². The summed E-state index contributed by atoms with van der Waals surface area (Å²) < 4.78 is 11.7. The summed E-state index contributed by atoms with van der Waals surface area (Å²) in [6.45, 7) is 3.07. The third-order valence-electron chi connectivity index (χ3n) is 5.95. The molecule has 3 heterocycles. The molecular formula is C18H31ClN2O6S. The van der Waals surface area contributed by atoms with Gasteiger partial charge >= 0.3 is 0 Å². The molecule has 0 aromatic carbocycles. The lowest BCUT2D eigenvalue weighted by atomic mass is 9.92. The van der Waals surface area contributed by atoms with E-state index in [-0.39, 0.29) is 12.0 Å². The maximum Gasteiger partial charge on any atom is 0.240 e. The number of ether oxygens (including phenoxy) is 2. The van der Waals surface area contributed by atoms with Crippen LogP contribution in [0.3, 0.4) is 0 Å². The molecule has 3 rings (SSSR count).